The van der Waals surface area contributed by atoms with E-state index in [0.717, 1.165) is 18.8 Å². The molecule has 0 spiro atoms. The Bertz CT molecular complexity index is 410. The van der Waals surface area contributed by atoms with Gasteiger partial charge in [0, 0.05) is 19.3 Å². The topological polar surface area (TPSA) is 68.9 Å². The van der Waals surface area contributed by atoms with Gasteiger partial charge in [0.15, 0.2) is 0 Å². The van der Waals surface area contributed by atoms with Crippen LogP contribution < -0.4 is 5.32 Å². The monoisotopic (exact) mass is 245 g/mol. The Balaban J connectivity index is 1.87. The first-order chi connectivity index (χ1) is 8.83. The zero-order valence-corrected chi connectivity index (χ0v) is 10.5. The summed E-state index contributed by atoms with van der Waals surface area (Å²) in [6.45, 7) is 1.14. The predicted octanol–water partition coefficient (Wildman–Crippen LogP) is 2.16. The fourth-order valence-electron chi connectivity index (χ4n) is 2.59. The van der Waals surface area contributed by atoms with Crippen molar-refractivity contribution in [2.45, 2.75) is 25.7 Å². The van der Waals surface area contributed by atoms with Crippen LogP contribution in [-0.2, 0) is 0 Å². The molecule has 1 aromatic rings. The van der Waals surface area contributed by atoms with Crippen molar-refractivity contribution < 1.29 is 5.11 Å². The van der Waals surface area contributed by atoms with Crippen LogP contribution in [-0.4, -0.2) is 23.2 Å². The summed E-state index contributed by atoms with van der Waals surface area (Å²) in [7, 11) is 0. The second-order valence-corrected chi connectivity index (χ2v) is 4.91. The molecule has 2 rings (SSSR count). The smallest absolute Gasteiger partial charge is 0.125 e. The second-order valence-electron chi connectivity index (χ2n) is 4.91. The third-order valence-electron chi connectivity index (χ3n) is 3.74. The number of anilines is 1. The first kappa shape index (κ1) is 12.8. The number of aromatic nitrogens is 1. The Kier molecular flexibility index (Phi) is 4.54. The van der Waals surface area contributed by atoms with Crippen LogP contribution >= 0.6 is 0 Å². The SMILES string of the molecule is N#Cc1ccc(NCC2CCCCC2CO)nc1. The van der Waals surface area contributed by atoms with E-state index in [1.807, 2.05) is 6.07 Å². The van der Waals surface area contributed by atoms with Crippen LogP contribution in [0.2, 0.25) is 0 Å². The first-order valence-corrected chi connectivity index (χ1v) is 6.54. The molecular formula is C14H19N3O. The molecule has 2 unspecified atom stereocenters. The summed E-state index contributed by atoms with van der Waals surface area (Å²) in [4.78, 5) is 4.19. The Morgan fingerprint density at radius 3 is 2.72 bits per heavy atom. The highest BCUT2D eigenvalue weighted by Crippen LogP contribution is 2.29. The quantitative estimate of drug-likeness (QED) is 0.853. The molecule has 1 saturated carbocycles. The summed E-state index contributed by atoms with van der Waals surface area (Å²) in [6.07, 6.45) is 6.37. The van der Waals surface area contributed by atoms with Gasteiger partial charge in [-0.3, -0.25) is 0 Å². The zero-order valence-electron chi connectivity index (χ0n) is 10.5. The number of hydrogen-bond acceptors (Lipinski definition) is 4. The van der Waals surface area contributed by atoms with Crippen molar-refractivity contribution in [2.75, 3.05) is 18.5 Å². The van der Waals surface area contributed by atoms with E-state index in [4.69, 9.17) is 5.26 Å². The number of rotatable bonds is 4. The lowest BCUT2D eigenvalue weighted by Crippen LogP contribution is -2.28. The van der Waals surface area contributed by atoms with Crippen molar-refractivity contribution in [3.63, 3.8) is 0 Å². The molecule has 18 heavy (non-hydrogen) atoms. The van der Waals surface area contributed by atoms with Crippen LogP contribution in [0.4, 0.5) is 5.82 Å². The van der Waals surface area contributed by atoms with E-state index in [-0.39, 0.29) is 6.61 Å². The fraction of sp³-hybridized carbons (Fsp3) is 0.571. The van der Waals surface area contributed by atoms with E-state index in [9.17, 15) is 5.11 Å². The Labute approximate surface area is 108 Å². The Morgan fingerprint density at radius 1 is 1.33 bits per heavy atom. The molecule has 0 radical (unpaired) electrons. The molecule has 0 amide bonds. The molecule has 0 saturated heterocycles. The molecule has 1 aromatic heterocycles. The molecule has 0 bridgehead atoms. The molecule has 4 heteroatoms. The van der Waals surface area contributed by atoms with Crippen LogP contribution in [0.1, 0.15) is 31.2 Å². The number of hydrogen-bond donors (Lipinski definition) is 2. The van der Waals surface area contributed by atoms with E-state index in [2.05, 4.69) is 16.4 Å². The van der Waals surface area contributed by atoms with Gasteiger partial charge in [0.05, 0.1) is 5.56 Å². The average molecular weight is 245 g/mol. The van der Waals surface area contributed by atoms with Crippen LogP contribution in [0.15, 0.2) is 18.3 Å². The Morgan fingerprint density at radius 2 is 2.11 bits per heavy atom. The van der Waals surface area contributed by atoms with Crippen LogP contribution in [0.5, 0.6) is 0 Å². The minimum Gasteiger partial charge on any atom is -0.396 e. The predicted molar refractivity (Wildman–Crippen MR) is 70.0 cm³/mol. The van der Waals surface area contributed by atoms with Crippen molar-refractivity contribution in [3.05, 3.63) is 23.9 Å². The number of nitrogens with one attached hydrogen (secondary N) is 1. The minimum atomic E-state index is 0.285. The highest BCUT2D eigenvalue weighted by molar-refractivity contribution is 5.38. The molecule has 1 aliphatic carbocycles. The van der Waals surface area contributed by atoms with Crippen LogP contribution in [0.25, 0.3) is 0 Å². The third-order valence-corrected chi connectivity index (χ3v) is 3.74. The highest BCUT2D eigenvalue weighted by atomic mass is 16.3. The van der Waals surface area contributed by atoms with Gasteiger partial charge >= 0.3 is 0 Å². The second kappa shape index (κ2) is 6.36. The fourth-order valence-corrected chi connectivity index (χ4v) is 2.59. The van der Waals surface area contributed by atoms with Crippen molar-refractivity contribution >= 4 is 5.82 Å². The van der Waals surface area contributed by atoms with E-state index in [0.29, 0.717) is 17.4 Å². The van der Waals surface area contributed by atoms with Gasteiger partial charge in [-0.1, -0.05) is 12.8 Å². The van der Waals surface area contributed by atoms with Crippen molar-refractivity contribution in [3.8, 4) is 6.07 Å². The van der Waals surface area contributed by atoms with Gasteiger partial charge in [0.2, 0.25) is 0 Å². The number of aliphatic hydroxyl groups is 1. The molecule has 1 aliphatic rings. The molecule has 2 atom stereocenters. The van der Waals surface area contributed by atoms with E-state index >= 15 is 0 Å². The number of nitrogens with zero attached hydrogens (tertiary/aromatic N) is 2. The van der Waals surface area contributed by atoms with Gasteiger partial charge in [-0.25, -0.2) is 4.98 Å². The molecule has 1 heterocycles. The molecule has 0 aromatic carbocycles. The minimum absolute atomic E-state index is 0.285. The van der Waals surface area contributed by atoms with Gasteiger partial charge in [0.1, 0.15) is 11.9 Å². The maximum Gasteiger partial charge on any atom is 0.125 e. The van der Waals surface area contributed by atoms with Gasteiger partial charge in [-0.05, 0) is 36.8 Å². The number of pyridine rings is 1. The molecule has 96 valence electrons. The maximum atomic E-state index is 9.35. The molecule has 1 fully saturated rings. The van der Waals surface area contributed by atoms with Crippen LogP contribution in [0.3, 0.4) is 0 Å². The van der Waals surface area contributed by atoms with Crippen LogP contribution in [0, 0.1) is 23.2 Å². The number of nitriles is 1. The zero-order chi connectivity index (χ0) is 12.8. The largest absolute Gasteiger partial charge is 0.396 e. The lowest BCUT2D eigenvalue weighted by molar-refractivity contribution is 0.141. The summed E-state index contributed by atoms with van der Waals surface area (Å²) in [6, 6.07) is 5.64. The summed E-state index contributed by atoms with van der Waals surface area (Å²) in [5.41, 5.74) is 0.575. The number of aliphatic hydroxyl groups excluding tert-OH is 1. The normalized spacial score (nSPS) is 23.3. The maximum absolute atomic E-state index is 9.35. The van der Waals surface area contributed by atoms with E-state index in [1.54, 1.807) is 12.3 Å². The standard InChI is InChI=1S/C14H19N3O/c15-7-11-5-6-14(16-8-11)17-9-12-3-1-2-4-13(12)10-18/h5-6,8,12-13,18H,1-4,9-10H2,(H,16,17). The van der Waals surface area contributed by atoms with Gasteiger partial charge in [-0.15, -0.1) is 0 Å². The summed E-state index contributed by atoms with van der Waals surface area (Å²) < 4.78 is 0. The van der Waals surface area contributed by atoms with Crippen molar-refractivity contribution in [2.24, 2.45) is 11.8 Å². The van der Waals surface area contributed by atoms with Gasteiger partial charge in [-0.2, -0.15) is 5.26 Å². The molecular weight excluding hydrogens is 226 g/mol. The average Bonchev–Trinajstić information content (AvgIpc) is 2.46. The van der Waals surface area contributed by atoms with Gasteiger partial charge < -0.3 is 10.4 Å². The summed E-state index contributed by atoms with van der Waals surface area (Å²) in [5.74, 6) is 1.75. The molecule has 0 aliphatic heterocycles. The lowest BCUT2D eigenvalue weighted by Gasteiger charge is -2.30. The molecule has 4 nitrogen and oxygen atoms in total. The highest BCUT2D eigenvalue weighted by Gasteiger charge is 2.24. The lowest BCUT2D eigenvalue weighted by atomic mass is 9.79. The first-order valence-electron chi connectivity index (χ1n) is 6.54. The van der Waals surface area contributed by atoms with Crippen molar-refractivity contribution in [1.29, 1.82) is 5.26 Å². The van der Waals surface area contributed by atoms with E-state index < -0.39 is 0 Å². The van der Waals surface area contributed by atoms with Gasteiger partial charge in [0.25, 0.3) is 0 Å². The summed E-state index contributed by atoms with van der Waals surface area (Å²) >= 11 is 0. The van der Waals surface area contributed by atoms with Crippen molar-refractivity contribution in [1.82, 2.24) is 4.98 Å². The van der Waals surface area contributed by atoms with E-state index in [1.165, 1.54) is 19.3 Å². The summed E-state index contributed by atoms with van der Waals surface area (Å²) in [5, 5.41) is 21.3. The molecule has 2 N–H and O–H groups in total. The Hall–Kier alpha value is -1.60. The third kappa shape index (κ3) is 3.21.